The van der Waals surface area contributed by atoms with Gasteiger partial charge in [-0.15, -0.1) is 0 Å². The van der Waals surface area contributed by atoms with E-state index in [0.29, 0.717) is 35.4 Å². The first-order chi connectivity index (χ1) is 11.6. The van der Waals surface area contributed by atoms with E-state index in [1.807, 2.05) is 0 Å². The monoisotopic (exact) mass is 326 g/mol. The lowest BCUT2D eigenvalue weighted by atomic mass is 9.89. The number of carbonyl (C=O) groups excluding carboxylic acids is 2. The first kappa shape index (κ1) is 14.9. The fourth-order valence-corrected chi connectivity index (χ4v) is 4.00. The van der Waals surface area contributed by atoms with Gasteiger partial charge >= 0.3 is 0 Å². The Hall–Kier alpha value is -2.63. The first-order valence-electron chi connectivity index (χ1n) is 8.18. The molecular formula is C18H18N2O4. The quantitative estimate of drug-likeness (QED) is 0.896. The average Bonchev–Trinajstić information content (AvgIpc) is 3.08. The van der Waals surface area contributed by atoms with Gasteiger partial charge in [0.1, 0.15) is 5.58 Å². The van der Waals surface area contributed by atoms with Crippen LogP contribution in [0.15, 0.2) is 39.7 Å². The summed E-state index contributed by atoms with van der Waals surface area (Å²) in [6.45, 7) is 0.430. The SMILES string of the molecule is O=C1CC2CCCC2(CNC(=O)c2ccc3c(=O)ccoc3c2)N1. The molecule has 124 valence electrons. The summed E-state index contributed by atoms with van der Waals surface area (Å²) in [4.78, 5) is 35.9. The summed E-state index contributed by atoms with van der Waals surface area (Å²) in [7, 11) is 0. The largest absolute Gasteiger partial charge is 0.464 e. The molecule has 2 unspecified atom stereocenters. The van der Waals surface area contributed by atoms with Crippen LogP contribution in [-0.2, 0) is 4.79 Å². The fraction of sp³-hybridized carbons (Fsp3) is 0.389. The van der Waals surface area contributed by atoms with Gasteiger partial charge in [-0.3, -0.25) is 14.4 Å². The molecule has 0 spiro atoms. The third-order valence-corrected chi connectivity index (χ3v) is 5.27. The molecule has 1 aromatic heterocycles. The molecule has 2 aromatic rings. The van der Waals surface area contributed by atoms with Crippen LogP contribution >= 0.6 is 0 Å². The predicted octanol–water partition coefficient (Wildman–Crippen LogP) is 1.58. The van der Waals surface area contributed by atoms with Gasteiger partial charge in [-0.2, -0.15) is 0 Å². The molecule has 2 fully saturated rings. The maximum Gasteiger partial charge on any atom is 0.251 e. The van der Waals surface area contributed by atoms with Crippen LogP contribution in [0.4, 0.5) is 0 Å². The van der Waals surface area contributed by atoms with Crippen LogP contribution in [0, 0.1) is 5.92 Å². The van der Waals surface area contributed by atoms with Gasteiger partial charge in [0.2, 0.25) is 5.91 Å². The lowest BCUT2D eigenvalue weighted by Crippen LogP contribution is -2.52. The zero-order valence-electron chi connectivity index (χ0n) is 13.1. The van der Waals surface area contributed by atoms with Crippen molar-refractivity contribution in [2.24, 2.45) is 5.92 Å². The Morgan fingerprint density at radius 3 is 3.08 bits per heavy atom. The van der Waals surface area contributed by atoms with Crippen molar-refractivity contribution in [3.05, 3.63) is 46.3 Å². The van der Waals surface area contributed by atoms with Gasteiger partial charge in [0.15, 0.2) is 5.43 Å². The summed E-state index contributed by atoms with van der Waals surface area (Å²) in [5.74, 6) is 0.144. The van der Waals surface area contributed by atoms with Crippen molar-refractivity contribution in [1.29, 1.82) is 0 Å². The van der Waals surface area contributed by atoms with Gasteiger partial charge in [0.25, 0.3) is 5.91 Å². The molecule has 2 N–H and O–H groups in total. The maximum atomic E-state index is 12.5. The van der Waals surface area contributed by atoms with E-state index in [2.05, 4.69) is 10.6 Å². The Morgan fingerprint density at radius 1 is 1.33 bits per heavy atom. The van der Waals surface area contributed by atoms with E-state index < -0.39 is 0 Å². The van der Waals surface area contributed by atoms with E-state index in [4.69, 9.17) is 4.42 Å². The van der Waals surface area contributed by atoms with Crippen molar-refractivity contribution in [2.45, 2.75) is 31.2 Å². The van der Waals surface area contributed by atoms with Crippen LogP contribution < -0.4 is 16.1 Å². The highest BCUT2D eigenvalue weighted by Gasteiger charge is 2.49. The van der Waals surface area contributed by atoms with E-state index in [1.54, 1.807) is 18.2 Å². The highest BCUT2D eigenvalue weighted by atomic mass is 16.3. The molecule has 6 heteroatoms. The summed E-state index contributed by atoms with van der Waals surface area (Å²) in [6, 6.07) is 6.14. The van der Waals surface area contributed by atoms with Gasteiger partial charge in [0, 0.05) is 24.6 Å². The number of amides is 2. The van der Waals surface area contributed by atoms with Gasteiger partial charge in [-0.05, 0) is 37.0 Å². The van der Waals surface area contributed by atoms with Crippen LogP contribution in [0.1, 0.15) is 36.0 Å². The summed E-state index contributed by atoms with van der Waals surface area (Å²) < 4.78 is 5.31. The molecule has 2 aliphatic rings. The molecule has 4 rings (SSSR count). The number of carbonyl (C=O) groups is 2. The van der Waals surface area contributed by atoms with Crippen LogP contribution in [0.25, 0.3) is 11.0 Å². The van der Waals surface area contributed by atoms with Gasteiger partial charge in [-0.1, -0.05) is 6.42 Å². The molecule has 0 radical (unpaired) electrons. The van der Waals surface area contributed by atoms with E-state index in [0.717, 1.165) is 19.3 Å². The number of rotatable bonds is 3. The molecule has 2 atom stereocenters. The summed E-state index contributed by atoms with van der Waals surface area (Å²) in [5, 5.41) is 6.44. The van der Waals surface area contributed by atoms with Crippen LogP contribution in [0.3, 0.4) is 0 Å². The predicted molar refractivity (Wildman–Crippen MR) is 87.6 cm³/mol. The summed E-state index contributed by atoms with van der Waals surface area (Å²) in [5.41, 5.74) is 0.397. The number of hydrogen-bond acceptors (Lipinski definition) is 4. The minimum atomic E-state index is -0.295. The van der Waals surface area contributed by atoms with E-state index in [1.165, 1.54) is 12.3 Å². The average molecular weight is 326 g/mol. The molecule has 2 amide bonds. The maximum absolute atomic E-state index is 12.5. The Morgan fingerprint density at radius 2 is 2.21 bits per heavy atom. The topological polar surface area (TPSA) is 88.4 Å². The van der Waals surface area contributed by atoms with Gasteiger partial charge < -0.3 is 15.1 Å². The number of benzene rings is 1. The second kappa shape index (κ2) is 5.47. The van der Waals surface area contributed by atoms with Crippen LogP contribution in [0.5, 0.6) is 0 Å². The lowest BCUT2D eigenvalue weighted by molar-refractivity contribution is -0.120. The Labute approximate surface area is 138 Å². The summed E-state index contributed by atoms with van der Waals surface area (Å²) in [6.07, 6.45) is 4.87. The molecule has 1 aliphatic heterocycles. The Kier molecular flexibility index (Phi) is 3.40. The standard InChI is InChI=1S/C18H18N2O4/c21-14-5-7-24-15-8-11(3-4-13(14)15)17(23)19-10-18-6-1-2-12(18)9-16(22)20-18/h3-5,7-8,12H,1-2,6,9-10H2,(H,19,23)(H,20,22). The van der Waals surface area contributed by atoms with Crippen molar-refractivity contribution in [3.63, 3.8) is 0 Å². The molecule has 1 aliphatic carbocycles. The normalized spacial score (nSPS) is 25.5. The zero-order chi connectivity index (χ0) is 16.7. The number of nitrogens with one attached hydrogen (secondary N) is 2. The lowest BCUT2D eigenvalue weighted by Gasteiger charge is -2.29. The summed E-state index contributed by atoms with van der Waals surface area (Å²) >= 11 is 0. The second-order valence-electron chi connectivity index (χ2n) is 6.68. The molecule has 1 aromatic carbocycles. The molecule has 0 bridgehead atoms. The molecule has 2 heterocycles. The Balaban J connectivity index is 1.52. The van der Waals surface area contributed by atoms with Crippen molar-refractivity contribution in [2.75, 3.05) is 6.54 Å². The molecule has 1 saturated heterocycles. The van der Waals surface area contributed by atoms with Gasteiger partial charge in [0.05, 0.1) is 17.2 Å². The van der Waals surface area contributed by atoms with Crippen molar-refractivity contribution in [1.82, 2.24) is 10.6 Å². The fourth-order valence-electron chi connectivity index (χ4n) is 4.00. The van der Waals surface area contributed by atoms with Crippen LogP contribution in [-0.4, -0.2) is 23.9 Å². The third-order valence-electron chi connectivity index (χ3n) is 5.27. The van der Waals surface area contributed by atoms with E-state index in [9.17, 15) is 14.4 Å². The number of fused-ring (bicyclic) bond motifs is 2. The highest BCUT2D eigenvalue weighted by Crippen LogP contribution is 2.41. The van der Waals surface area contributed by atoms with Crippen molar-refractivity contribution >= 4 is 22.8 Å². The van der Waals surface area contributed by atoms with E-state index in [-0.39, 0.29) is 22.8 Å². The van der Waals surface area contributed by atoms with Crippen molar-refractivity contribution < 1.29 is 14.0 Å². The van der Waals surface area contributed by atoms with Crippen LogP contribution in [0.2, 0.25) is 0 Å². The molecule has 1 saturated carbocycles. The minimum Gasteiger partial charge on any atom is -0.464 e. The zero-order valence-corrected chi connectivity index (χ0v) is 13.1. The molecular weight excluding hydrogens is 308 g/mol. The third kappa shape index (κ3) is 2.38. The molecule has 6 nitrogen and oxygen atoms in total. The first-order valence-corrected chi connectivity index (χ1v) is 8.18. The minimum absolute atomic E-state index is 0.0708. The van der Waals surface area contributed by atoms with E-state index >= 15 is 0 Å². The smallest absolute Gasteiger partial charge is 0.251 e. The Bertz CT molecular complexity index is 888. The second-order valence-corrected chi connectivity index (χ2v) is 6.68. The van der Waals surface area contributed by atoms with Crippen molar-refractivity contribution in [3.8, 4) is 0 Å². The highest BCUT2D eigenvalue weighted by molar-refractivity contribution is 5.97. The van der Waals surface area contributed by atoms with Gasteiger partial charge in [-0.25, -0.2) is 0 Å². The molecule has 24 heavy (non-hydrogen) atoms. The number of hydrogen-bond donors (Lipinski definition) is 2.